The minimum absolute atomic E-state index is 0. The van der Waals surface area contributed by atoms with Gasteiger partial charge in [0.2, 0.25) is 6.33 Å². The molecular formula is C6H11N3O3. The molecule has 1 aromatic rings. The van der Waals surface area contributed by atoms with Crippen molar-refractivity contribution in [3.8, 4) is 5.88 Å². The summed E-state index contributed by atoms with van der Waals surface area (Å²) in [6.07, 6.45) is 1.33. The van der Waals surface area contributed by atoms with Crippen molar-refractivity contribution in [2.45, 2.75) is 7.43 Å². The highest BCUT2D eigenvalue weighted by Gasteiger charge is 2.19. The van der Waals surface area contributed by atoms with E-state index >= 15 is 0 Å². The molecule has 0 bridgehead atoms. The predicted molar refractivity (Wildman–Crippen MR) is 43.1 cm³/mol. The lowest BCUT2D eigenvalue weighted by molar-refractivity contribution is -0.390. The molecule has 6 heteroatoms. The lowest BCUT2D eigenvalue weighted by Crippen LogP contribution is -1.95. The van der Waals surface area contributed by atoms with Gasteiger partial charge in [0.05, 0.1) is 7.11 Å². The minimum Gasteiger partial charge on any atom is -0.476 e. The molecule has 0 saturated heterocycles. The standard InChI is InChI=1S/C5H7N3O3.CH4/c1-7-3-6-4(8(9)10)5(7)11-2;/h3H,1-2H3;1H4. The van der Waals surface area contributed by atoms with Crippen LogP contribution in [-0.2, 0) is 7.05 Å². The van der Waals surface area contributed by atoms with Gasteiger partial charge in [0.15, 0.2) is 0 Å². The van der Waals surface area contributed by atoms with E-state index in [0.29, 0.717) is 0 Å². The Kier molecular flexibility index (Phi) is 3.21. The van der Waals surface area contributed by atoms with Crippen LogP contribution in [0.15, 0.2) is 6.33 Å². The molecule has 0 aliphatic heterocycles. The lowest BCUT2D eigenvalue weighted by Gasteiger charge is -1.97. The second-order valence-corrected chi connectivity index (χ2v) is 1.95. The van der Waals surface area contributed by atoms with Gasteiger partial charge in [-0.25, -0.2) is 0 Å². The Bertz CT molecular complexity index is 282. The Morgan fingerprint density at radius 2 is 2.33 bits per heavy atom. The van der Waals surface area contributed by atoms with Crippen LogP contribution in [0.25, 0.3) is 0 Å². The molecule has 0 amide bonds. The van der Waals surface area contributed by atoms with E-state index in [1.807, 2.05) is 0 Å². The first-order valence-corrected chi connectivity index (χ1v) is 2.86. The number of imidazole rings is 1. The highest BCUT2D eigenvalue weighted by molar-refractivity contribution is 5.33. The highest BCUT2D eigenvalue weighted by atomic mass is 16.6. The Morgan fingerprint density at radius 3 is 2.67 bits per heavy atom. The summed E-state index contributed by atoms with van der Waals surface area (Å²) in [5.74, 6) is -0.0926. The average molecular weight is 173 g/mol. The van der Waals surface area contributed by atoms with Gasteiger partial charge in [0, 0.05) is 7.05 Å². The number of hydrogen-bond donors (Lipinski definition) is 0. The van der Waals surface area contributed by atoms with Crippen LogP contribution in [0.1, 0.15) is 7.43 Å². The third kappa shape index (κ3) is 1.52. The number of rotatable bonds is 2. The lowest BCUT2D eigenvalue weighted by atomic mass is 10.7. The third-order valence-electron chi connectivity index (χ3n) is 1.23. The molecule has 1 aromatic heterocycles. The summed E-state index contributed by atoms with van der Waals surface area (Å²) < 4.78 is 6.18. The molecule has 0 unspecified atom stereocenters. The number of aryl methyl sites for hydroxylation is 1. The molecule has 12 heavy (non-hydrogen) atoms. The van der Waals surface area contributed by atoms with E-state index in [-0.39, 0.29) is 19.1 Å². The van der Waals surface area contributed by atoms with Gasteiger partial charge in [0.25, 0.3) is 5.88 Å². The van der Waals surface area contributed by atoms with Gasteiger partial charge in [-0.15, -0.1) is 0 Å². The van der Waals surface area contributed by atoms with Crippen molar-refractivity contribution < 1.29 is 9.66 Å². The van der Waals surface area contributed by atoms with Crippen LogP contribution in [-0.4, -0.2) is 21.6 Å². The van der Waals surface area contributed by atoms with Crippen LogP contribution >= 0.6 is 0 Å². The summed E-state index contributed by atoms with van der Waals surface area (Å²) in [7, 11) is 2.99. The zero-order chi connectivity index (χ0) is 8.43. The van der Waals surface area contributed by atoms with E-state index in [2.05, 4.69) is 4.98 Å². The van der Waals surface area contributed by atoms with Crippen molar-refractivity contribution in [2.75, 3.05) is 7.11 Å². The Balaban J connectivity index is 0.00000121. The van der Waals surface area contributed by atoms with Gasteiger partial charge < -0.3 is 14.9 Å². The van der Waals surface area contributed by atoms with E-state index in [4.69, 9.17) is 4.74 Å². The maximum Gasteiger partial charge on any atom is 0.426 e. The summed E-state index contributed by atoms with van der Waals surface area (Å²) in [6.45, 7) is 0. The highest BCUT2D eigenvalue weighted by Crippen LogP contribution is 2.22. The fourth-order valence-corrected chi connectivity index (χ4v) is 0.767. The molecule has 0 aliphatic rings. The van der Waals surface area contributed by atoms with E-state index < -0.39 is 4.92 Å². The van der Waals surface area contributed by atoms with Crippen molar-refractivity contribution in [1.29, 1.82) is 0 Å². The molecule has 0 N–H and O–H groups in total. The number of nitrogens with zero attached hydrogens (tertiary/aromatic N) is 3. The second-order valence-electron chi connectivity index (χ2n) is 1.95. The summed E-state index contributed by atoms with van der Waals surface area (Å²) in [5, 5.41) is 10.2. The molecule has 1 rings (SSSR count). The SMILES string of the molecule is C.COc1c([N+](=O)[O-])ncn1C. The number of hydrogen-bond acceptors (Lipinski definition) is 4. The topological polar surface area (TPSA) is 70.2 Å². The van der Waals surface area contributed by atoms with Crippen LogP contribution < -0.4 is 4.74 Å². The molecular weight excluding hydrogens is 162 g/mol. The molecule has 6 nitrogen and oxygen atoms in total. The second kappa shape index (κ2) is 3.70. The van der Waals surface area contributed by atoms with Crippen molar-refractivity contribution in [3.05, 3.63) is 16.4 Å². The summed E-state index contributed by atoms with van der Waals surface area (Å²) in [5.41, 5.74) is 0. The third-order valence-corrected chi connectivity index (χ3v) is 1.23. The zero-order valence-corrected chi connectivity index (χ0v) is 6.14. The van der Waals surface area contributed by atoms with Gasteiger partial charge in [-0.05, 0) is 9.91 Å². The Labute approximate surface area is 69.9 Å². The zero-order valence-electron chi connectivity index (χ0n) is 6.14. The van der Waals surface area contributed by atoms with Gasteiger partial charge >= 0.3 is 5.82 Å². The van der Waals surface area contributed by atoms with Crippen LogP contribution in [0.3, 0.4) is 0 Å². The first-order valence-electron chi connectivity index (χ1n) is 2.86. The maximum atomic E-state index is 10.2. The number of aromatic nitrogens is 2. The minimum atomic E-state index is -0.584. The summed E-state index contributed by atoms with van der Waals surface area (Å²) in [6, 6.07) is 0. The molecule has 0 radical (unpaired) electrons. The van der Waals surface area contributed by atoms with E-state index in [9.17, 15) is 10.1 Å². The van der Waals surface area contributed by atoms with E-state index in [1.165, 1.54) is 18.0 Å². The van der Waals surface area contributed by atoms with Crippen molar-refractivity contribution in [1.82, 2.24) is 9.55 Å². The van der Waals surface area contributed by atoms with Crippen molar-refractivity contribution in [3.63, 3.8) is 0 Å². The quantitative estimate of drug-likeness (QED) is 0.493. The van der Waals surface area contributed by atoms with Gasteiger partial charge in [-0.3, -0.25) is 4.57 Å². The van der Waals surface area contributed by atoms with E-state index in [1.54, 1.807) is 7.05 Å². The Morgan fingerprint density at radius 1 is 1.75 bits per heavy atom. The van der Waals surface area contributed by atoms with Crippen molar-refractivity contribution in [2.24, 2.45) is 7.05 Å². The molecule has 1 heterocycles. The number of nitro groups is 1. The molecule has 0 aliphatic carbocycles. The fraction of sp³-hybridized carbons (Fsp3) is 0.500. The van der Waals surface area contributed by atoms with Crippen LogP contribution in [0.2, 0.25) is 0 Å². The van der Waals surface area contributed by atoms with Crippen LogP contribution in [0.5, 0.6) is 5.88 Å². The molecule has 68 valence electrons. The van der Waals surface area contributed by atoms with Gasteiger partial charge in [-0.2, -0.15) is 0 Å². The Hall–Kier alpha value is -1.59. The first-order chi connectivity index (χ1) is 5.16. The first kappa shape index (κ1) is 10.4. The smallest absolute Gasteiger partial charge is 0.426 e. The number of ether oxygens (including phenoxy) is 1. The molecule has 0 saturated carbocycles. The van der Waals surface area contributed by atoms with Crippen LogP contribution in [0.4, 0.5) is 5.82 Å². The maximum absolute atomic E-state index is 10.2. The van der Waals surface area contributed by atoms with E-state index in [0.717, 1.165) is 0 Å². The average Bonchev–Trinajstić information content (AvgIpc) is 2.30. The fourth-order valence-electron chi connectivity index (χ4n) is 0.767. The molecule has 0 spiro atoms. The molecule has 0 atom stereocenters. The van der Waals surface area contributed by atoms with Crippen LogP contribution in [0, 0.1) is 10.1 Å². The number of methoxy groups -OCH3 is 1. The van der Waals surface area contributed by atoms with Crippen molar-refractivity contribution >= 4 is 5.82 Å². The monoisotopic (exact) mass is 173 g/mol. The summed E-state index contributed by atoms with van der Waals surface area (Å²) in [4.78, 5) is 13.2. The normalized spacial score (nSPS) is 8.83. The molecule has 0 aromatic carbocycles. The predicted octanol–water partition coefficient (Wildman–Crippen LogP) is 0.973. The van der Waals surface area contributed by atoms with Gasteiger partial charge in [0.1, 0.15) is 0 Å². The summed E-state index contributed by atoms with van der Waals surface area (Å²) >= 11 is 0. The largest absolute Gasteiger partial charge is 0.476 e. The van der Waals surface area contributed by atoms with Gasteiger partial charge in [-0.1, -0.05) is 7.43 Å². The molecule has 0 fully saturated rings.